The Hall–Kier alpha value is -6.74. The van der Waals surface area contributed by atoms with Gasteiger partial charge in [0.15, 0.2) is 0 Å². The average Bonchev–Trinajstić information content (AvgIpc) is 4.02. The summed E-state index contributed by atoms with van der Waals surface area (Å²) in [7, 11) is -0.349. The molecule has 0 saturated carbocycles. The number of nitrogens with one attached hydrogen (secondary N) is 1. The monoisotopic (exact) mass is 1140 g/mol. The molecule has 1 aliphatic heterocycles. The molecule has 72 heavy (non-hydrogen) atoms. The van der Waals surface area contributed by atoms with Gasteiger partial charge in [-0.1, -0.05) is 177 Å². The maximum absolute atomic E-state index is 11.6. The first kappa shape index (κ1) is 50.2. The zero-order chi connectivity index (χ0) is 50.7. The first-order valence-electron chi connectivity index (χ1n) is 23.2. The van der Waals surface area contributed by atoms with Crippen molar-refractivity contribution in [3.63, 3.8) is 0 Å². The van der Waals surface area contributed by atoms with Crippen LogP contribution in [0, 0.1) is 20.2 Å². The minimum atomic E-state index is -0.434. The van der Waals surface area contributed by atoms with Gasteiger partial charge in [-0.15, -0.1) is 0 Å². The Bertz CT molecular complexity index is 3480. The number of aromatic amines is 1. The van der Waals surface area contributed by atoms with E-state index >= 15 is 0 Å². The van der Waals surface area contributed by atoms with Gasteiger partial charge in [-0.05, 0) is 142 Å². The van der Waals surface area contributed by atoms with E-state index in [9.17, 15) is 20.2 Å². The number of allylic oxidation sites excluding steroid dienone is 1. The van der Waals surface area contributed by atoms with E-state index in [4.69, 9.17) is 9.31 Å². The average molecular weight is 1140 g/mol. The minimum Gasteiger partial charge on any atom is -0.399 e. The molecule has 0 bridgehead atoms. The second-order valence-electron chi connectivity index (χ2n) is 18.4. The van der Waals surface area contributed by atoms with Crippen molar-refractivity contribution in [1.29, 1.82) is 0 Å². The second-order valence-corrected chi connectivity index (χ2v) is 21.1. The van der Waals surface area contributed by atoms with Gasteiger partial charge in [-0.3, -0.25) is 20.2 Å². The third kappa shape index (κ3) is 10.6. The first-order valence-corrected chi connectivity index (χ1v) is 25.6. The zero-order valence-corrected chi connectivity index (χ0v) is 44.5. The highest BCUT2D eigenvalue weighted by molar-refractivity contribution is 9.11. The highest BCUT2D eigenvalue weighted by atomic mass is 79.9. The van der Waals surface area contributed by atoms with E-state index in [-0.39, 0.29) is 34.6 Å². The Labute approximate surface area is 443 Å². The topological polar surface area (TPSA) is 121 Å². The van der Waals surface area contributed by atoms with Gasteiger partial charge in [-0.25, -0.2) is 0 Å². The molecule has 1 aliphatic carbocycles. The molecule has 11 rings (SSSR count). The van der Waals surface area contributed by atoms with Crippen molar-refractivity contribution < 1.29 is 19.2 Å². The van der Waals surface area contributed by atoms with Crippen LogP contribution in [0.4, 0.5) is 11.4 Å². The molecule has 0 radical (unpaired) electrons. The van der Waals surface area contributed by atoms with Gasteiger partial charge in [0, 0.05) is 37.5 Å². The van der Waals surface area contributed by atoms with Crippen LogP contribution in [0.3, 0.4) is 0 Å². The van der Waals surface area contributed by atoms with E-state index in [1.54, 1.807) is 24.3 Å². The quantitative estimate of drug-likeness (QED) is 0.0919. The molecule has 0 spiro atoms. The Morgan fingerprint density at radius 1 is 0.528 bits per heavy atom. The summed E-state index contributed by atoms with van der Waals surface area (Å²) in [5.41, 5.74) is 15.1. The highest BCUT2D eigenvalue weighted by Crippen LogP contribution is 2.44. The standard InChI is InChI=1S/C27H27BO2.C26H17BrN2O2.C6H3Br2NO2/c1-26(2)27(3,4)30-28(29-26)22-16-15-21-17-23(19-11-7-5-8-12-19)25(24(21)18-22)20-13-9-6-10-14-20;27-20-12-14-24(29(30)31)21(16-20)19-11-13-23-22(15-19)25(17-7-3-1-4-8-17)26(28-23)18-9-5-2-6-10-18;7-4-1-2-6(9(10)11)5(8)3-4/h5-16,18H,17H2,1-4H3;1-16,28H;1-3H. The Morgan fingerprint density at radius 3 is 1.62 bits per heavy atom. The molecule has 0 unspecified atom stereocenters. The molecule has 13 heteroatoms. The van der Waals surface area contributed by atoms with Crippen LogP contribution in [0.2, 0.25) is 0 Å². The number of nitro benzene ring substituents is 2. The van der Waals surface area contributed by atoms with Gasteiger partial charge < -0.3 is 14.3 Å². The van der Waals surface area contributed by atoms with Crippen molar-refractivity contribution in [2.24, 2.45) is 0 Å². The molecule has 0 atom stereocenters. The lowest BCUT2D eigenvalue weighted by Gasteiger charge is -2.32. The molecular weight excluding hydrogens is 1100 g/mol. The molecule has 1 fully saturated rings. The molecule has 2 aliphatic rings. The van der Waals surface area contributed by atoms with Crippen LogP contribution in [0.5, 0.6) is 0 Å². The number of halogens is 3. The van der Waals surface area contributed by atoms with Crippen molar-refractivity contribution in [2.45, 2.75) is 45.3 Å². The smallest absolute Gasteiger partial charge is 0.399 e. The predicted octanol–water partition coefficient (Wildman–Crippen LogP) is 16.5. The fourth-order valence-electron chi connectivity index (χ4n) is 8.98. The van der Waals surface area contributed by atoms with Crippen LogP contribution in [0.25, 0.3) is 55.6 Å². The molecule has 1 N–H and O–H groups in total. The van der Waals surface area contributed by atoms with E-state index in [2.05, 4.69) is 184 Å². The summed E-state index contributed by atoms with van der Waals surface area (Å²) in [5, 5.41) is 22.9. The van der Waals surface area contributed by atoms with Crippen LogP contribution in [-0.2, 0) is 15.7 Å². The molecule has 358 valence electrons. The predicted molar refractivity (Wildman–Crippen MR) is 302 cm³/mol. The summed E-state index contributed by atoms with van der Waals surface area (Å²) in [5.74, 6) is 0. The lowest BCUT2D eigenvalue weighted by atomic mass is 9.77. The summed E-state index contributed by atoms with van der Waals surface area (Å²) < 4.78 is 14.7. The van der Waals surface area contributed by atoms with E-state index in [1.165, 1.54) is 45.5 Å². The minimum absolute atomic E-state index is 0.0770. The molecule has 9 nitrogen and oxygen atoms in total. The van der Waals surface area contributed by atoms with Gasteiger partial charge in [-0.2, -0.15) is 0 Å². The van der Waals surface area contributed by atoms with E-state index in [1.807, 2.05) is 54.6 Å². The summed E-state index contributed by atoms with van der Waals surface area (Å²) >= 11 is 9.72. The van der Waals surface area contributed by atoms with Gasteiger partial charge in [0.1, 0.15) is 0 Å². The molecule has 8 aromatic carbocycles. The van der Waals surface area contributed by atoms with Crippen molar-refractivity contribution in [1.82, 2.24) is 4.98 Å². The maximum atomic E-state index is 11.6. The van der Waals surface area contributed by atoms with Crippen LogP contribution in [0.15, 0.2) is 208 Å². The van der Waals surface area contributed by atoms with Gasteiger partial charge in [0.25, 0.3) is 11.4 Å². The number of hydrogen-bond acceptors (Lipinski definition) is 6. The Morgan fingerprint density at radius 2 is 1.06 bits per heavy atom. The molecule has 1 aromatic heterocycles. The van der Waals surface area contributed by atoms with Crippen molar-refractivity contribution in [2.75, 3.05) is 0 Å². The van der Waals surface area contributed by atoms with Crippen LogP contribution in [0.1, 0.15) is 49.9 Å². The number of benzene rings is 8. The fraction of sp³-hybridized carbons (Fsp3) is 0.119. The normalized spacial score (nSPS) is 14.2. The molecular formula is C59H47BBr3N3O6. The van der Waals surface area contributed by atoms with E-state index < -0.39 is 4.92 Å². The van der Waals surface area contributed by atoms with Crippen molar-refractivity contribution >= 4 is 93.8 Å². The van der Waals surface area contributed by atoms with Gasteiger partial charge in [0.2, 0.25) is 0 Å². The third-order valence-electron chi connectivity index (χ3n) is 13.3. The molecule has 9 aromatic rings. The molecule has 0 amide bonds. The third-order valence-corrected chi connectivity index (χ3v) is 14.9. The SMILES string of the molecule is CC1(C)OB(c2ccc3c(c2)C(c2ccccc2)=C(c2ccccc2)C3)OC1(C)C.O=[N+]([O-])c1ccc(Br)cc1-c1ccc2[nH]c(-c3ccccc3)c(-c3ccccc3)c2c1.O=[N+]([O-])c1ccc(Br)cc1Br. The van der Waals surface area contributed by atoms with E-state index in [0.717, 1.165) is 59.7 Å². The number of rotatable bonds is 8. The van der Waals surface area contributed by atoms with Crippen molar-refractivity contribution in [3.05, 3.63) is 250 Å². The summed E-state index contributed by atoms with van der Waals surface area (Å²) in [6.45, 7) is 8.40. The summed E-state index contributed by atoms with van der Waals surface area (Å²) in [6.07, 6.45) is 0.938. The molecule has 2 heterocycles. The number of H-pyrrole nitrogens is 1. The largest absolute Gasteiger partial charge is 0.494 e. The van der Waals surface area contributed by atoms with Gasteiger partial charge in [0.05, 0.1) is 36.8 Å². The summed E-state index contributed by atoms with van der Waals surface area (Å²) in [6, 6.07) is 64.2. The lowest BCUT2D eigenvalue weighted by Crippen LogP contribution is -2.41. The lowest BCUT2D eigenvalue weighted by molar-refractivity contribution is -0.385. The number of fused-ring (bicyclic) bond motifs is 2. The second kappa shape index (κ2) is 21.2. The van der Waals surface area contributed by atoms with Gasteiger partial charge >= 0.3 is 7.12 Å². The van der Waals surface area contributed by atoms with Crippen molar-refractivity contribution in [3.8, 4) is 33.5 Å². The van der Waals surface area contributed by atoms with Crippen LogP contribution in [-0.4, -0.2) is 33.2 Å². The number of aromatic nitrogens is 1. The highest BCUT2D eigenvalue weighted by Gasteiger charge is 2.52. The Kier molecular flexibility index (Phi) is 14.8. The van der Waals surface area contributed by atoms with Crippen LogP contribution >= 0.6 is 47.8 Å². The number of hydrogen-bond donors (Lipinski definition) is 1. The first-order chi connectivity index (χ1) is 34.6. The number of nitrogens with zero attached hydrogens (tertiary/aromatic N) is 2. The van der Waals surface area contributed by atoms with E-state index in [0.29, 0.717) is 10.0 Å². The summed E-state index contributed by atoms with van der Waals surface area (Å²) in [4.78, 5) is 24.7. The maximum Gasteiger partial charge on any atom is 0.494 e. The van der Waals surface area contributed by atoms with Crippen LogP contribution < -0.4 is 5.46 Å². The number of nitro groups is 2. The molecule has 1 saturated heterocycles. The Balaban J connectivity index is 0.000000147. The zero-order valence-electron chi connectivity index (χ0n) is 39.7. The fourth-order valence-corrected chi connectivity index (χ4v) is 10.5.